The molecule has 2 aromatic rings. The molecule has 0 N–H and O–H groups in total. The van der Waals surface area contributed by atoms with Crippen LogP contribution in [0.15, 0.2) is 68.9 Å². The zero-order valence-electron chi connectivity index (χ0n) is 9.30. The van der Waals surface area contributed by atoms with Gasteiger partial charge in [0.15, 0.2) is 0 Å². The minimum atomic E-state index is 1.13. The van der Waals surface area contributed by atoms with Gasteiger partial charge in [0.25, 0.3) is 0 Å². The zero-order chi connectivity index (χ0) is 11.9. The largest absolute Gasteiger partial charge is 0.125 e. The molecule has 0 aromatic heterocycles. The van der Waals surface area contributed by atoms with Gasteiger partial charge in [0.1, 0.15) is 0 Å². The van der Waals surface area contributed by atoms with E-state index in [-0.39, 0.29) is 0 Å². The van der Waals surface area contributed by atoms with E-state index in [2.05, 4.69) is 70.5 Å². The van der Waals surface area contributed by atoms with E-state index in [9.17, 15) is 0 Å². The lowest BCUT2D eigenvalue weighted by molar-refractivity contribution is 1.40. The van der Waals surface area contributed by atoms with Crippen molar-refractivity contribution in [3.63, 3.8) is 0 Å². The Labute approximate surface area is 119 Å². The fraction of sp³-hybridized carbons (Fsp3) is 0.143. The minimum Gasteiger partial charge on any atom is -0.125 e. The van der Waals surface area contributed by atoms with E-state index < -0.39 is 0 Å². The molecule has 0 aliphatic carbocycles. The van der Waals surface area contributed by atoms with Gasteiger partial charge in [0.2, 0.25) is 0 Å². The van der Waals surface area contributed by atoms with Gasteiger partial charge in [-0.15, -0.1) is 23.5 Å². The summed E-state index contributed by atoms with van der Waals surface area (Å²) >= 11 is 7.30. The molecular weight excluding hydrogens is 312 g/mol. The van der Waals surface area contributed by atoms with Crippen molar-refractivity contribution >= 4 is 39.5 Å². The molecule has 0 radical (unpaired) electrons. The van der Waals surface area contributed by atoms with Gasteiger partial charge in [-0.05, 0) is 30.3 Å². The number of hydrogen-bond acceptors (Lipinski definition) is 2. The van der Waals surface area contributed by atoms with Crippen LogP contribution in [0.1, 0.15) is 0 Å². The van der Waals surface area contributed by atoms with E-state index in [1.165, 1.54) is 9.79 Å². The van der Waals surface area contributed by atoms with Crippen LogP contribution in [-0.4, -0.2) is 11.5 Å². The van der Waals surface area contributed by atoms with Crippen LogP contribution < -0.4 is 0 Å². The maximum atomic E-state index is 3.49. The molecule has 0 amide bonds. The van der Waals surface area contributed by atoms with Crippen LogP contribution in [-0.2, 0) is 0 Å². The summed E-state index contributed by atoms with van der Waals surface area (Å²) in [6, 6.07) is 19.0. The van der Waals surface area contributed by atoms with Gasteiger partial charge < -0.3 is 0 Å². The van der Waals surface area contributed by atoms with Crippen molar-refractivity contribution in [2.45, 2.75) is 9.79 Å². The second-order valence-corrected chi connectivity index (χ2v) is 6.72. The molecule has 17 heavy (non-hydrogen) atoms. The van der Waals surface area contributed by atoms with Crippen molar-refractivity contribution in [3.05, 3.63) is 59.1 Å². The monoisotopic (exact) mass is 324 g/mol. The molecule has 0 heterocycles. The Morgan fingerprint density at radius 3 is 2.12 bits per heavy atom. The quantitative estimate of drug-likeness (QED) is 0.538. The first-order valence-corrected chi connectivity index (χ1v) is 8.17. The Hall–Kier alpha value is -0.380. The summed E-state index contributed by atoms with van der Waals surface area (Å²) in [6.45, 7) is 0. The molecule has 0 saturated carbocycles. The van der Waals surface area contributed by atoms with Crippen LogP contribution in [0, 0.1) is 0 Å². The van der Waals surface area contributed by atoms with Crippen molar-refractivity contribution in [3.8, 4) is 0 Å². The van der Waals surface area contributed by atoms with Crippen LogP contribution in [0.3, 0.4) is 0 Å². The van der Waals surface area contributed by atoms with Gasteiger partial charge in [-0.3, -0.25) is 0 Å². The second-order valence-electron chi connectivity index (χ2n) is 3.47. The SMILES string of the molecule is Brc1cccc(SCCSc2ccccc2)c1. The molecule has 0 fully saturated rings. The fourth-order valence-electron chi connectivity index (χ4n) is 1.39. The summed E-state index contributed by atoms with van der Waals surface area (Å²) in [6.07, 6.45) is 0. The third kappa shape index (κ3) is 4.78. The molecule has 0 nitrogen and oxygen atoms in total. The number of benzene rings is 2. The van der Waals surface area contributed by atoms with Crippen LogP contribution in [0.5, 0.6) is 0 Å². The smallest absolute Gasteiger partial charge is 0.0186 e. The number of hydrogen-bond donors (Lipinski definition) is 0. The van der Waals surface area contributed by atoms with Crippen molar-refractivity contribution in [2.75, 3.05) is 11.5 Å². The van der Waals surface area contributed by atoms with Crippen LogP contribution >= 0.6 is 39.5 Å². The van der Waals surface area contributed by atoms with Crippen LogP contribution in [0.2, 0.25) is 0 Å². The Morgan fingerprint density at radius 1 is 0.765 bits per heavy atom. The first kappa shape index (κ1) is 13.1. The molecular formula is C14H13BrS2. The minimum absolute atomic E-state index is 1.13. The standard InChI is InChI=1S/C14H13BrS2/c15-12-5-4-8-14(11-12)17-10-9-16-13-6-2-1-3-7-13/h1-8,11H,9-10H2. The van der Waals surface area contributed by atoms with Gasteiger partial charge >= 0.3 is 0 Å². The summed E-state index contributed by atoms with van der Waals surface area (Å²) in [4.78, 5) is 2.68. The number of thioether (sulfide) groups is 2. The Bertz CT molecular complexity index is 457. The lowest BCUT2D eigenvalue weighted by Crippen LogP contribution is -1.84. The first-order valence-electron chi connectivity index (χ1n) is 5.41. The van der Waals surface area contributed by atoms with E-state index in [0.29, 0.717) is 0 Å². The average Bonchev–Trinajstić information content (AvgIpc) is 2.36. The van der Waals surface area contributed by atoms with E-state index in [1.54, 1.807) is 0 Å². The fourth-order valence-corrected chi connectivity index (χ4v) is 3.82. The van der Waals surface area contributed by atoms with Crippen LogP contribution in [0.25, 0.3) is 0 Å². The molecule has 0 aliphatic rings. The predicted octanol–water partition coefficient (Wildman–Crippen LogP) is 5.33. The van der Waals surface area contributed by atoms with Crippen molar-refractivity contribution in [1.82, 2.24) is 0 Å². The van der Waals surface area contributed by atoms with Crippen LogP contribution in [0.4, 0.5) is 0 Å². The number of rotatable bonds is 5. The van der Waals surface area contributed by atoms with Gasteiger partial charge in [0, 0.05) is 25.8 Å². The van der Waals surface area contributed by atoms with Gasteiger partial charge in [-0.25, -0.2) is 0 Å². The third-order valence-electron chi connectivity index (χ3n) is 2.16. The highest BCUT2D eigenvalue weighted by Gasteiger charge is 1.96. The molecule has 0 saturated heterocycles. The third-order valence-corrected chi connectivity index (χ3v) is 4.92. The normalized spacial score (nSPS) is 10.4. The Balaban J connectivity index is 1.73. The molecule has 0 unspecified atom stereocenters. The van der Waals surface area contributed by atoms with E-state index in [4.69, 9.17) is 0 Å². The van der Waals surface area contributed by atoms with Gasteiger partial charge in [-0.2, -0.15) is 0 Å². The van der Waals surface area contributed by atoms with E-state index >= 15 is 0 Å². The molecule has 0 bridgehead atoms. The highest BCUT2D eigenvalue weighted by atomic mass is 79.9. The predicted molar refractivity (Wildman–Crippen MR) is 82.0 cm³/mol. The van der Waals surface area contributed by atoms with Gasteiger partial charge in [0.05, 0.1) is 0 Å². The molecule has 0 aliphatic heterocycles. The molecule has 2 rings (SSSR count). The van der Waals surface area contributed by atoms with Crippen molar-refractivity contribution in [2.24, 2.45) is 0 Å². The maximum absolute atomic E-state index is 3.49. The van der Waals surface area contributed by atoms with E-state index in [1.807, 2.05) is 23.5 Å². The molecule has 0 spiro atoms. The second kappa shape index (κ2) is 7.14. The Kier molecular flexibility index (Phi) is 5.49. The lowest BCUT2D eigenvalue weighted by Gasteiger charge is -2.02. The van der Waals surface area contributed by atoms with E-state index in [0.717, 1.165) is 16.0 Å². The summed E-state index contributed by atoms with van der Waals surface area (Å²) in [5.74, 6) is 2.28. The molecule has 3 heteroatoms. The average molecular weight is 325 g/mol. The first-order chi connectivity index (χ1) is 8.34. The number of halogens is 1. The molecule has 2 aromatic carbocycles. The highest BCUT2D eigenvalue weighted by Crippen LogP contribution is 2.24. The highest BCUT2D eigenvalue weighted by molar-refractivity contribution is 9.10. The summed E-state index contributed by atoms with van der Waals surface area (Å²) < 4.78 is 1.15. The molecule has 0 atom stereocenters. The zero-order valence-corrected chi connectivity index (χ0v) is 12.5. The summed E-state index contributed by atoms with van der Waals surface area (Å²) in [5.41, 5.74) is 0. The topological polar surface area (TPSA) is 0 Å². The van der Waals surface area contributed by atoms with Crippen molar-refractivity contribution in [1.29, 1.82) is 0 Å². The summed E-state index contributed by atoms with van der Waals surface area (Å²) in [5, 5.41) is 0. The Morgan fingerprint density at radius 2 is 1.41 bits per heavy atom. The van der Waals surface area contributed by atoms with Crippen molar-refractivity contribution < 1.29 is 0 Å². The molecule has 88 valence electrons. The van der Waals surface area contributed by atoms with Gasteiger partial charge in [-0.1, -0.05) is 40.2 Å². The summed E-state index contributed by atoms with van der Waals surface area (Å²) in [7, 11) is 0. The lowest BCUT2D eigenvalue weighted by atomic mass is 10.4. The maximum Gasteiger partial charge on any atom is 0.0186 e.